The molecule has 0 saturated carbocycles. The molecule has 86 valence electrons. The van der Waals surface area contributed by atoms with E-state index in [-0.39, 0.29) is 6.04 Å². The lowest BCUT2D eigenvalue weighted by molar-refractivity contribution is 0.663. The minimum atomic E-state index is -0.803. The maximum atomic E-state index is 11.6. The van der Waals surface area contributed by atoms with Gasteiger partial charge in [-0.3, -0.25) is 8.89 Å². The number of aromatic nitrogens is 2. The molecule has 0 aromatic carbocycles. The van der Waals surface area contributed by atoms with Gasteiger partial charge in [-0.2, -0.15) is 5.10 Å². The molecule has 1 heterocycles. The summed E-state index contributed by atoms with van der Waals surface area (Å²) < 4.78 is 13.4. The number of hydrogen-bond acceptors (Lipinski definition) is 3. The molecule has 5 heteroatoms. The second kappa shape index (κ2) is 6.02. The van der Waals surface area contributed by atoms with Gasteiger partial charge in [-0.05, 0) is 18.4 Å². The molecule has 0 radical (unpaired) electrons. The number of aryl methyl sites for hydroxylation is 2. The van der Waals surface area contributed by atoms with Crippen LogP contribution in [0.2, 0.25) is 0 Å². The molecule has 1 aromatic heterocycles. The fourth-order valence-corrected chi connectivity index (χ4v) is 2.62. The average Bonchev–Trinajstić information content (AvgIpc) is 2.61. The SMILES string of the molecule is CCC(N)CS(=O)CCc1cnn(C)c1. The molecule has 0 aliphatic carbocycles. The Balaban J connectivity index is 2.28. The Morgan fingerprint density at radius 1 is 1.67 bits per heavy atom. The van der Waals surface area contributed by atoms with Gasteiger partial charge in [0.25, 0.3) is 0 Å². The zero-order valence-corrected chi connectivity index (χ0v) is 10.2. The molecule has 2 N–H and O–H groups in total. The molecule has 4 nitrogen and oxygen atoms in total. The van der Waals surface area contributed by atoms with Gasteiger partial charge >= 0.3 is 0 Å². The topological polar surface area (TPSA) is 60.9 Å². The normalized spacial score (nSPS) is 15.1. The lowest BCUT2D eigenvalue weighted by Crippen LogP contribution is -2.27. The summed E-state index contributed by atoms with van der Waals surface area (Å²) in [5, 5.41) is 4.06. The van der Waals surface area contributed by atoms with Crippen LogP contribution in [0, 0.1) is 0 Å². The third kappa shape index (κ3) is 4.57. The van der Waals surface area contributed by atoms with Crippen LogP contribution in [0.5, 0.6) is 0 Å². The molecule has 0 aliphatic rings. The molecule has 2 unspecified atom stereocenters. The molecular weight excluding hydrogens is 210 g/mol. The smallest absolute Gasteiger partial charge is 0.0521 e. The monoisotopic (exact) mass is 229 g/mol. The van der Waals surface area contributed by atoms with Crippen LogP contribution in [0.1, 0.15) is 18.9 Å². The first-order chi connectivity index (χ1) is 7.11. The predicted molar refractivity (Wildman–Crippen MR) is 63.1 cm³/mol. The van der Waals surface area contributed by atoms with E-state index in [4.69, 9.17) is 5.73 Å². The third-order valence-corrected chi connectivity index (χ3v) is 3.76. The Morgan fingerprint density at radius 3 is 2.93 bits per heavy atom. The van der Waals surface area contributed by atoms with E-state index in [1.807, 2.05) is 26.4 Å². The van der Waals surface area contributed by atoms with Crippen LogP contribution >= 0.6 is 0 Å². The van der Waals surface area contributed by atoms with Crippen LogP contribution in [0.3, 0.4) is 0 Å². The summed E-state index contributed by atoms with van der Waals surface area (Å²) in [6.07, 6.45) is 5.48. The second-order valence-corrected chi connectivity index (χ2v) is 5.37. The summed E-state index contributed by atoms with van der Waals surface area (Å²) in [7, 11) is 1.08. The standard InChI is InChI=1S/C10H19N3OS/c1-3-10(11)8-15(14)5-4-9-6-12-13(2)7-9/h6-7,10H,3-5,8,11H2,1-2H3. The number of nitrogens with two attached hydrogens (primary N) is 1. The molecule has 0 amide bonds. The summed E-state index contributed by atoms with van der Waals surface area (Å²) in [5.41, 5.74) is 6.87. The van der Waals surface area contributed by atoms with Gasteiger partial charge in [0.05, 0.1) is 6.20 Å². The van der Waals surface area contributed by atoms with Gasteiger partial charge in [0.1, 0.15) is 0 Å². The van der Waals surface area contributed by atoms with Crippen molar-refractivity contribution in [2.45, 2.75) is 25.8 Å². The Hall–Kier alpha value is -0.680. The van der Waals surface area contributed by atoms with Crippen LogP contribution in [0.15, 0.2) is 12.4 Å². The number of nitrogens with zero attached hydrogens (tertiary/aromatic N) is 2. The second-order valence-electron chi connectivity index (χ2n) is 3.75. The largest absolute Gasteiger partial charge is 0.327 e. The van der Waals surface area contributed by atoms with Gasteiger partial charge < -0.3 is 5.73 Å². The van der Waals surface area contributed by atoms with Crippen molar-refractivity contribution < 1.29 is 4.21 Å². The molecule has 2 atom stereocenters. The first-order valence-electron chi connectivity index (χ1n) is 5.20. The van der Waals surface area contributed by atoms with Crippen molar-refractivity contribution in [1.29, 1.82) is 0 Å². The third-order valence-electron chi connectivity index (χ3n) is 2.30. The van der Waals surface area contributed by atoms with Crippen molar-refractivity contribution in [3.63, 3.8) is 0 Å². The van der Waals surface area contributed by atoms with Gasteiger partial charge in [0.2, 0.25) is 0 Å². The highest BCUT2D eigenvalue weighted by atomic mass is 32.2. The van der Waals surface area contributed by atoms with E-state index in [1.54, 1.807) is 4.68 Å². The van der Waals surface area contributed by atoms with Gasteiger partial charge in [-0.15, -0.1) is 0 Å². The molecule has 0 spiro atoms. The Labute approximate surface area is 93.3 Å². The predicted octanol–water partition coefficient (Wildman–Crippen LogP) is 0.449. The van der Waals surface area contributed by atoms with Crippen LogP contribution < -0.4 is 5.73 Å². The minimum absolute atomic E-state index is 0.0692. The molecule has 0 bridgehead atoms. The summed E-state index contributed by atoms with van der Waals surface area (Å²) in [5.74, 6) is 1.29. The molecule has 0 fully saturated rings. The van der Waals surface area contributed by atoms with Gasteiger partial charge in [0, 0.05) is 41.6 Å². The quantitative estimate of drug-likeness (QED) is 0.770. The summed E-state index contributed by atoms with van der Waals surface area (Å²) in [6.45, 7) is 2.02. The van der Waals surface area contributed by atoms with Crippen LogP contribution in [-0.4, -0.2) is 31.5 Å². The zero-order chi connectivity index (χ0) is 11.3. The molecule has 1 rings (SSSR count). The van der Waals surface area contributed by atoms with E-state index in [1.165, 1.54) is 0 Å². The van der Waals surface area contributed by atoms with Crippen molar-refractivity contribution in [2.75, 3.05) is 11.5 Å². The number of rotatable bonds is 6. The molecule has 0 saturated heterocycles. The van der Waals surface area contributed by atoms with Crippen molar-refractivity contribution in [1.82, 2.24) is 9.78 Å². The lowest BCUT2D eigenvalue weighted by Gasteiger charge is -2.07. The molecule has 15 heavy (non-hydrogen) atoms. The van der Waals surface area contributed by atoms with Gasteiger partial charge in [-0.25, -0.2) is 0 Å². The zero-order valence-electron chi connectivity index (χ0n) is 9.35. The summed E-state index contributed by atoms with van der Waals surface area (Å²) >= 11 is 0. The van der Waals surface area contributed by atoms with E-state index in [0.717, 1.165) is 18.4 Å². The fourth-order valence-electron chi connectivity index (χ4n) is 1.27. The van der Waals surface area contributed by atoms with E-state index >= 15 is 0 Å². The van der Waals surface area contributed by atoms with E-state index in [9.17, 15) is 4.21 Å². The van der Waals surface area contributed by atoms with Gasteiger partial charge in [0.15, 0.2) is 0 Å². The first-order valence-corrected chi connectivity index (χ1v) is 6.68. The maximum absolute atomic E-state index is 11.6. The van der Waals surface area contributed by atoms with Crippen molar-refractivity contribution in [2.24, 2.45) is 12.8 Å². The lowest BCUT2D eigenvalue weighted by atomic mass is 10.3. The van der Waals surface area contributed by atoms with E-state index in [0.29, 0.717) is 11.5 Å². The Kier molecular flexibility index (Phi) is 4.98. The highest BCUT2D eigenvalue weighted by Crippen LogP contribution is 2.00. The first kappa shape index (κ1) is 12.4. The van der Waals surface area contributed by atoms with E-state index < -0.39 is 10.8 Å². The highest BCUT2D eigenvalue weighted by Gasteiger charge is 2.06. The van der Waals surface area contributed by atoms with E-state index in [2.05, 4.69) is 5.10 Å². The molecule has 1 aromatic rings. The highest BCUT2D eigenvalue weighted by molar-refractivity contribution is 7.85. The van der Waals surface area contributed by atoms with Crippen molar-refractivity contribution in [3.05, 3.63) is 18.0 Å². The minimum Gasteiger partial charge on any atom is -0.327 e. The summed E-state index contributed by atoms with van der Waals surface area (Å²) in [4.78, 5) is 0. The van der Waals surface area contributed by atoms with Crippen LogP contribution in [0.4, 0.5) is 0 Å². The maximum Gasteiger partial charge on any atom is 0.0521 e. The molecular formula is C10H19N3OS. The molecule has 0 aliphatic heterocycles. The fraction of sp³-hybridized carbons (Fsp3) is 0.700. The average molecular weight is 229 g/mol. The van der Waals surface area contributed by atoms with Crippen molar-refractivity contribution in [3.8, 4) is 0 Å². The number of hydrogen-bond donors (Lipinski definition) is 1. The Bertz CT molecular complexity index is 324. The van der Waals surface area contributed by atoms with Crippen LogP contribution in [-0.2, 0) is 24.3 Å². The Morgan fingerprint density at radius 2 is 2.40 bits per heavy atom. The van der Waals surface area contributed by atoms with Crippen LogP contribution in [0.25, 0.3) is 0 Å². The van der Waals surface area contributed by atoms with Crippen molar-refractivity contribution >= 4 is 10.8 Å². The summed E-state index contributed by atoms with van der Waals surface area (Å²) in [6, 6.07) is 0.0692. The van der Waals surface area contributed by atoms with Gasteiger partial charge in [-0.1, -0.05) is 6.92 Å².